The zero-order valence-corrected chi connectivity index (χ0v) is 16.0. The zero-order valence-electron chi connectivity index (χ0n) is 15.2. The summed E-state index contributed by atoms with van der Waals surface area (Å²) in [5.41, 5.74) is 2.69. The molecule has 27 heavy (non-hydrogen) atoms. The van der Waals surface area contributed by atoms with E-state index in [1.807, 2.05) is 24.3 Å². The van der Waals surface area contributed by atoms with Gasteiger partial charge in [0, 0.05) is 5.69 Å². The van der Waals surface area contributed by atoms with Crippen LogP contribution in [0.1, 0.15) is 31.7 Å². The van der Waals surface area contributed by atoms with Crippen LogP contribution >= 0.6 is 11.8 Å². The Bertz CT molecular complexity index is 910. The van der Waals surface area contributed by atoms with Crippen molar-refractivity contribution in [3.8, 4) is 11.4 Å². The second-order valence-electron chi connectivity index (χ2n) is 6.12. The molecule has 7 nitrogen and oxygen atoms in total. The molecule has 0 unspecified atom stereocenters. The van der Waals surface area contributed by atoms with E-state index < -0.39 is 0 Å². The molecule has 0 aliphatic heterocycles. The molecular formula is C19H21N5O2S. The first-order chi connectivity index (χ1) is 13.1. The lowest BCUT2D eigenvalue weighted by Gasteiger charge is -2.15. The van der Waals surface area contributed by atoms with Crippen molar-refractivity contribution < 1.29 is 9.90 Å². The Labute approximate surface area is 161 Å². The number of anilines is 1. The third-order valence-electron chi connectivity index (χ3n) is 4.25. The number of hydrogen-bond acceptors (Lipinski definition) is 6. The number of thioether (sulfide) groups is 1. The number of aromatic hydroxyl groups is 1. The summed E-state index contributed by atoms with van der Waals surface area (Å²) >= 11 is 1.25. The number of tetrazole rings is 1. The lowest BCUT2D eigenvalue weighted by atomic mass is 9.97. The topological polar surface area (TPSA) is 92.9 Å². The van der Waals surface area contributed by atoms with Gasteiger partial charge in [-0.05, 0) is 58.7 Å². The van der Waals surface area contributed by atoms with Gasteiger partial charge in [-0.1, -0.05) is 43.8 Å². The number of nitrogens with zero attached hydrogens (tertiary/aromatic N) is 4. The van der Waals surface area contributed by atoms with Gasteiger partial charge >= 0.3 is 0 Å². The first-order valence-corrected chi connectivity index (χ1v) is 9.66. The van der Waals surface area contributed by atoms with Gasteiger partial charge in [0.1, 0.15) is 5.75 Å². The molecule has 140 valence electrons. The Hall–Kier alpha value is -2.87. The number of phenols is 1. The molecule has 1 amide bonds. The van der Waals surface area contributed by atoms with Crippen LogP contribution in [0.5, 0.6) is 5.75 Å². The summed E-state index contributed by atoms with van der Waals surface area (Å²) in [6, 6.07) is 14.4. The number of amides is 1. The maximum Gasteiger partial charge on any atom is 0.234 e. The number of phenolic OH excluding ortho intramolecular Hbond substituents is 1. The molecule has 1 atom stereocenters. The number of carbonyl (C=O) groups excluding carboxylic acids is 1. The number of nitrogens with one attached hydrogen (secondary N) is 1. The van der Waals surface area contributed by atoms with Crippen molar-refractivity contribution in [3.63, 3.8) is 0 Å². The van der Waals surface area contributed by atoms with Crippen LogP contribution in [0.4, 0.5) is 5.69 Å². The predicted octanol–water partition coefficient (Wildman–Crippen LogP) is 3.61. The summed E-state index contributed by atoms with van der Waals surface area (Å²) < 4.78 is 1.53. The minimum Gasteiger partial charge on any atom is -0.508 e. The smallest absolute Gasteiger partial charge is 0.234 e. The normalized spacial score (nSPS) is 11.9. The number of aromatic nitrogens is 4. The van der Waals surface area contributed by atoms with Crippen molar-refractivity contribution in [1.29, 1.82) is 0 Å². The van der Waals surface area contributed by atoms with Crippen LogP contribution in [0.25, 0.3) is 5.69 Å². The molecule has 3 aromatic rings. The highest BCUT2D eigenvalue weighted by atomic mass is 32.2. The largest absolute Gasteiger partial charge is 0.508 e. The van der Waals surface area contributed by atoms with E-state index in [0.29, 0.717) is 16.8 Å². The Morgan fingerprint density at radius 3 is 2.70 bits per heavy atom. The molecular weight excluding hydrogens is 362 g/mol. The highest BCUT2D eigenvalue weighted by Gasteiger charge is 2.14. The molecule has 2 N–H and O–H groups in total. The molecule has 3 rings (SSSR count). The number of rotatable bonds is 7. The number of carbonyl (C=O) groups is 1. The predicted molar refractivity (Wildman–Crippen MR) is 105 cm³/mol. The third kappa shape index (κ3) is 4.65. The van der Waals surface area contributed by atoms with Gasteiger partial charge in [0.05, 0.1) is 11.4 Å². The van der Waals surface area contributed by atoms with Crippen LogP contribution in [0.3, 0.4) is 0 Å². The quantitative estimate of drug-likeness (QED) is 0.606. The van der Waals surface area contributed by atoms with Crippen LogP contribution in [0.15, 0.2) is 53.7 Å². The van der Waals surface area contributed by atoms with Gasteiger partial charge in [0.15, 0.2) is 0 Å². The van der Waals surface area contributed by atoms with Gasteiger partial charge < -0.3 is 10.4 Å². The van der Waals surface area contributed by atoms with E-state index in [0.717, 1.165) is 17.7 Å². The minimum atomic E-state index is -0.115. The molecule has 0 saturated heterocycles. The molecule has 0 fully saturated rings. The first-order valence-electron chi connectivity index (χ1n) is 8.68. The van der Waals surface area contributed by atoms with E-state index in [1.165, 1.54) is 16.4 Å². The third-order valence-corrected chi connectivity index (χ3v) is 5.17. The summed E-state index contributed by atoms with van der Waals surface area (Å²) in [7, 11) is 0. The van der Waals surface area contributed by atoms with E-state index in [9.17, 15) is 9.90 Å². The first kappa shape index (κ1) is 18.9. The van der Waals surface area contributed by atoms with E-state index in [2.05, 4.69) is 34.7 Å². The number of hydrogen-bond donors (Lipinski definition) is 2. The summed E-state index contributed by atoms with van der Waals surface area (Å²) in [6.45, 7) is 4.27. The summed E-state index contributed by atoms with van der Waals surface area (Å²) in [5, 5.41) is 24.5. The van der Waals surface area contributed by atoms with Gasteiger partial charge in [-0.2, -0.15) is 4.68 Å². The lowest BCUT2D eigenvalue weighted by Crippen LogP contribution is -2.16. The SMILES string of the molecule is CC[C@@H](C)c1ccccc1NC(=O)CSc1nnnn1-c1ccc(O)cc1. The van der Waals surface area contributed by atoms with Crippen molar-refractivity contribution >= 4 is 23.4 Å². The van der Waals surface area contributed by atoms with Gasteiger partial charge in [0.2, 0.25) is 11.1 Å². The fraction of sp³-hybridized carbons (Fsp3) is 0.263. The van der Waals surface area contributed by atoms with Gasteiger partial charge in [0.25, 0.3) is 0 Å². The zero-order chi connectivity index (χ0) is 19.2. The number of benzene rings is 2. The van der Waals surface area contributed by atoms with E-state index in [4.69, 9.17) is 0 Å². The Balaban J connectivity index is 1.66. The van der Waals surface area contributed by atoms with Crippen LogP contribution in [-0.4, -0.2) is 37.0 Å². The van der Waals surface area contributed by atoms with E-state index in [-0.39, 0.29) is 17.4 Å². The summed E-state index contributed by atoms with van der Waals surface area (Å²) in [5.74, 6) is 0.611. The van der Waals surface area contributed by atoms with Crippen molar-refractivity contribution in [2.75, 3.05) is 11.1 Å². The molecule has 1 heterocycles. The second-order valence-corrected chi connectivity index (χ2v) is 7.07. The standard InChI is InChI=1S/C19H21N5O2S/c1-3-13(2)16-6-4-5-7-17(16)20-18(26)12-27-19-21-22-23-24(19)14-8-10-15(25)11-9-14/h4-11,13,25H,3,12H2,1-2H3,(H,20,26)/t13-/m1/s1. The fourth-order valence-electron chi connectivity index (χ4n) is 2.60. The fourth-order valence-corrected chi connectivity index (χ4v) is 3.29. The Morgan fingerprint density at radius 1 is 1.22 bits per heavy atom. The average Bonchev–Trinajstić information content (AvgIpc) is 3.15. The van der Waals surface area contributed by atoms with Crippen LogP contribution < -0.4 is 5.32 Å². The molecule has 0 radical (unpaired) electrons. The Morgan fingerprint density at radius 2 is 1.96 bits per heavy atom. The second kappa shape index (κ2) is 8.68. The maximum atomic E-state index is 12.4. The molecule has 0 bridgehead atoms. The van der Waals surface area contributed by atoms with Crippen molar-refractivity contribution in [3.05, 3.63) is 54.1 Å². The summed E-state index contributed by atoms with van der Waals surface area (Å²) in [4.78, 5) is 12.4. The van der Waals surface area contributed by atoms with Gasteiger partial charge in [-0.15, -0.1) is 5.10 Å². The van der Waals surface area contributed by atoms with Crippen LogP contribution in [0, 0.1) is 0 Å². The molecule has 1 aromatic heterocycles. The highest BCUT2D eigenvalue weighted by Crippen LogP contribution is 2.27. The van der Waals surface area contributed by atoms with Crippen molar-refractivity contribution in [2.45, 2.75) is 31.3 Å². The molecule has 0 aliphatic rings. The monoisotopic (exact) mass is 383 g/mol. The van der Waals surface area contributed by atoms with Gasteiger partial charge in [-0.25, -0.2) is 0 Å². The summed E-state index contributed by atoms with van der Waals surface area (Å²) in [6.07, 6.45) is 1.00. The van der Waals surface area contributed by atoms with Crippen molar-refractivity contribution in [2.24, 2.45) is 0 Å². The van der Waals surface area contributed by atoms with Crippen LogP contribution in [0.2, 0.25) is 0 Å². The molecule has 2 aromatic carbocycles. The molecule has 0 spiro atoms. The minimum absolute atomic E-state index is 0.115. The lowest BCUT2D eigenvalue weighted by molar-refractivity contribution is -0.113. The van der Waals surface area contributed by atoms with Gasteiger partial charge in [-0.3, -0.25) is 4.79 Å². The van der Waals surface area contributed by atoms with Crippen LogP contribution in [-0.2, 0) is 4.79 Å². The van der Waals surface area contributed by atoms with Crippen molar-refractivity contribution in [1.82, 2.24) is 20.2 Å². The maximum absolute atomic E-state index is 12.4. The van der Waals surface area contributed by atoms with E-state index >= 15 is 0 Å². The Kier molecular flexibility index (Phi) is 6.08. The molecule has 8 heteroatoms. The highest BCUT2D eigenvalue weighted by molar-refractivity contribution is 7.99. The van der Waals surface area contributed by atoms with E-state index in [1.54, 1.807) is 24.3 Å². The number of para-hydroxylation sites is 1. The molecule has 0 saturated carbocycles. The average molecular weight is 383 g/mol. The molecule has 0 aliphatic carbocycles.